The molecule has 0 saturated heterocycles. The fourth-order valence-corrected chi connectivity index (χ4v) is 3.89. The maximum absolute atomic E-state index is 12.8. The van der Waals surface area contributed by atoms with E-state index in [1.54, 1.807) is 0 Å². The molecule has 6 heteroatoms. The fraction of sp³-hybridized carbons (Fsp3) is 0.909. The van der Waals surface area contributed by atoms with Gasteiger partial charge in [-0.15, -0.1) is 0 Å². The van der Waals surface area contributed by atoms with Crippen molar-refractivity contribution in [1.29, 1.82) is 0 Å². The van der Waals surface area contributed by atoms with E-state index in [0.29, 0.717) is 13.2 Å². The van der Waals surface area contributed by atoms with Crippen LogP contribution in [0.15, 0.2) is 0 Å². The maximum atomic E-state index is 12.8. The first kappa shape index (κ1) is 23.1. The Bertz CT molecular complexity index is 412. The Morgan fingerprint density at radius 2 is 1.04 bits per heavy atom. The average molecular weight is 399 g/mol. The monoisotopic (exact) mass is 398 g/mol. The lowest BCUT2D eigenvalue weighted by Crippen LogP contribution is -2.49. The highest BCUT2D eigenvalue weighted by Gasteiger charge is 2.41. The lowest BCUT2D eigenvalue weighted by atomic mass is 9.96. The van der Waals surface area contributed by atoms with Crippen LogP contribution in [0.5, 0.6) is 0 Å². The Kier molecular flexibility index (Phi) is 10.9. The minimum absolute atomic E-state index is 0.0376. The van der Waals surface area contributed by atoms with Gasteiger partial charge in [0.05, 0.1) is 25.4 Å². The first-order valence-electron chi connectivity index (χ1n) is 11.3. The number of hydrogen-bond donors (Lipinski definition) is 0. The van der Waals surface area contributed by atoms with E-state index in [1.165, 1.54) is 12.8 Å². The number of esters is 2. The second-order valence-electron chi connectivity index (χ2n) is 7.97. The summed E-state index contributed by atoms with van der Waals surface area (Å²) in [6.45, 7) is 4.50. The van der Waals surface area contributed by atoms with Crippen LogP contribution in [-0.4, -0.2) is 49.6 Å². The van der Waals surface area contributed by atoms with Crippen LogP contribution in [0.3, 0.4) is 0 Å². The minimum Gasteiger partial charge on any atom is -0.464 e. The Labute approximate surface area is 169 Å². The van der Waals surface area contributed by atoms with E-state index in [-0.39, 0.29) is 12.2 Å². The predicted octanol–water partition coefficient (Wildman–Crippen LogP) is 4.33. The summed E-state index contributed by atoms with van der Waals surface area (Å²) in [4.78, 5) is 25.6. The SMILES string of the molecule is CCCOC(=O)C(OC1CCCCC1)C(OC1CCCCC1)C(=O)OCCC. The summed E-state index contributed by atoms with van der Waals surface area (Å²) >= 11 is 0. The Morgan fingerprint density at radius 3 is 1.36 bits per heavy atom. The smallest absolute Gasteiger partial charge is 0.338 e. The highest BCUT2D eigenvalue weighted by molar-refractivity contribution is 5.85. The van der Waals surface area contributed by atoms with Crippen molar-refractivity contribution in [3.63, 3.8) is 0 Å². The van der Waals surface area contributed by atoms with Gasteiger partial charge in [0, 0.05) is 0 Å². The lowest BCUT2D eigenvalue weighted by molar-refractivity contribution is -0.196. The predicted molar refractivity (Wildman–Crippen MR) is 106 cm³/mol. The second kappa shape index (κ2) is 13.2. The average Bonchev–Trinajstić information content (AvgIpc) is 2.74. The van der Waals surface area contributed by atoms with Crippen molar-refractivity contribution in [3.8, 4) is 0 Å². The molecule has 2 atom stereocenters. The molecule has 2 saturated carbocycles. The maximum Gasteiger partial charge on any atom is 0.338 e. The molecule has 0 amide bonds. The Morgan fingerprint density at radius 1 is 0.679 bits per heavy atom. The van der Waals surface area contributed by atoms with Crippen LogP contribution in [-0.2, 0) is 28.5 Å². The van der Waals surface area contributed by atoms with Gasteiger partial charge in [-0.3, -0.25) is 0 Å². The van der Waals surface area contributed by atoms with Gasteiger partial charge in [0.1, 0.15) is 0 Å². The molecule has 0 spiro atoms. The van der Waals surface area contributed by atoms with E-state index in [2.05, 4.69) is 0 Å². The number of ether oxygens (including phenoxy) is 4. The van der Waals surface area contributed by atoms with Crippen molar-refractivity contribution in [2.24, 2.45) is 0 Å². The summed E-state index contributed by atoms with van der Waals surface area (Å²) in [5.41, 5.74) is 0. The van der Waals surface area contributed by atoms with Crippen molar-refractivity contribution < 1.29 is 28.5 Å². The molecule has 0 aromatic carbocycles. The molecule has 0 aromatic heterocycles. The van der Waals surface area contributed by atoms with Gasteiger partial charge in [0.25, 0.3) is 0 Å². The largest absolute Gasteiger partial charge is 0.464 e. The van der Waals surface area contributed by atoms with Crippen LogP contribution in [0.2, 0.25) is 0 Å². The van der Waals surface area contributed by atoms with Crippen molar-refractivity contribution in [3.05, 3.63) is 0 Å². The number of carbonyl (C=O) groups excluding carboxylic acids is 2. The molecule has 0 radical (unpaired) electrons. The van der Waals surface area contributed by atoms with Crippen LogP contribution in [0, 0.1) is 0 Å². The van der Waals surface area contributed by atoms with Gasteiger partial charge >= 0.3 is 11.9 Å². The molecular formula is C22H38O6. The molecule has 162 valence electrons. The standard InChI is InChI=1S/C22H38O6/c1-3-15-25-21(23)19(27-17-11-7-5-8-12-17)20(22(24)26-16-4-2)28-18-13-9-6-10-14-18/h17-20H,3-16H2,1-2H3. The summed E-state index contributed by atoms with van der Waals surface area (Å²) in [5.74, 6) is -1.02. The molecule has 0 heterocycles. The first-order chi connectivity index (χ1) is 13.7. The van der Waals surface area contributed by atoms with Gasteiger partial charge < -0.3 is 18.9 Å². The number of rotatable bonds is 11. The second-order valence-corrected chi connectivity index (χ2v) is 7.97. The molecule has 2 fully saturated rings. The lowest BCUT2D eigenvalue weighted by Gasteiger charge is -2.33. The zero-order valence-corrected chi connectivity index (χ0v) is 17.7. The molecule has 2 rings (SSSR count). The summed E-state index contributed by atoms with van der Waals surface area (Å²) in [6.07, 6.45) is 9.54. The molecule has 0 N–H and O–H groups in total. The minimum atomic E-state index is -1.05. The fourth-order valence-electron chi connectivity index (χ4n) is 3.89. The summed E-state index contributed by atoms with van der Waals surface area (Å²) in [7, 11) is 0. The van der Waals surface area contributed by atoms with E-state index < -0.39 is 24.1 Å². The summed E-state index contributed by atoms with van der Waals surface area (Å²) in [5, 5.41) is 0. The molecule has 0 aliphatic heterocycles. The Hall–Kier alpha value is -1.14. The van der Waals surface area contributed by atoms with E-state index in [9.17, 15) is 9.59 Å². The van der Waals surface area contributed by atoms with Gasteiger partial charge in [0.15, 0.2) is 12.2 Å². The zero-order valence-electron chi connectivity index (χ0n) is 17.7. The van der Waals surface area contributed by atoms with Crippen molar-refractivity contribution in [2.45, 2.75) is 115 Å². The molecule has 0 bridgehead atoms. The van der Waals surface area contributed by atoms with Crippen LogP contribution >= 0.6 is 0 Å². The summed E-state index contributed by atoms with van der Waals surface area (Å²) in [6, 6.07) is 0. The van der Waals surface area contributed by atoms with E-state index in [4.69, 9.17) is 18.9 Å². The van der Waals surface area contributed by atoms with Crippen molar-refractivity contribution >= 4 is 11.9 Å². The third-order valence-electron chi connectivity index (χ3n) is 5.42. The normalized spacial score (nSPS) is 21.1. The molecule has 2 unspecified atom stereocenters. The molecular weight excluding hydrogens is 360 g/mol. The number of hydrogen-bond acceptors (Lipinski definition) is 6. The molecule has 0 aromatic rings. The zero-order chi connectivity index (χ0) is 20.2. The van der Waals surface area contributed by atoms with Gasteiger partial charge in [-0.25, -0.2) is 9.59 Å². The Balaban J connectivity index is 2.14. The van der Waals surface area contributed by atoms with Gasteiger partial charge in [0.2, 0.25) is 0 Å². The van der Waals surface area contributed by atoms with Crippen LogP contribution < -0.4 is 0 Å². The molecule has 2 aliphatic carbocycles. The van der Waals surface area contributed by atoms with Crippen molar-refractivity contribution in [2.75, 3.05) is 13.2 Å². The van der Waals surface area contributed by atoms with E-state index in [1.807, 2.05) is 13.8 Å². The quantitative estimate of drug-likeness (QED) is 0.483. The van der Waals surface area contributed by atoms with Crippen LogP contribution in [0.4, 0.5) is 0 Å². The third-order valence-corrected chi connectivity index (χ3v) is 5.42. The van der Waals surface area contributed by atoms with Crippen molar-refractivity contribution in [1.82, 2.24) is 0 Å². The van der Waals surface area contributed by atoms with Gasteiger partial charge in [-0.1, -0.05) is 52.4 Å². The van der Waals surface area contributed by atoms with Crippen LogP contribution in [0.1, 0.15) is 90.9 Å². The summed E-state index contributed by atoms with van der Waals surface area (Å²) < 4.78 is 23.0. The topological polar surface area (TPSA) is 71.1 Å². The highest BCUT2D eigenvalue weighted by Crippen LogP contribution is 2.27. The van der Waals surface area contributed by atoms with E-state index in [0.717, 1.165) is 64.2 Å². The van der Waals surface area contributed by atoms with Gasteiger partial charge in [-0.05, 0) is 38.5 Å². The molecule has 6 nitrogen and oxygen atoms in total. The van der Waals surface area contributed by atoms with Crippen LogP contribution in [0.25, 0.3) is 0 Å². The number of carbonyl (C=O) groups is 2. The molecule has 2 aliphatic rings. The van der Waals surface area contributed by atoms with Gasteiger partial charge in [-0.2, -0.15) is 0 Å². The van der Waals surface area contributed by atoms with E-state index >= 15 is 0 Å². The molecule has 28 heavy (non-hydrogen) atoms. The first-order valence-corrected chi connectivity index (χ1v) is 11.3. The highest BCUT2D eigenvalue weighted by atomic mass is 16.6. The third kappa shape index (κ3) is 7.70.